The van der Waals surface area contributed by atoms with Crippen LogP contribution in [0, 0.1) is 5.92 Å². The minimum atomic E-state index is 0.0701. The number of carbonyl (C=O) groups is 1. The summed E-state index contributed by atoms with van der Waals surface area (Å²) in [6.07, 6.45) is 5.71. The lowest BCUT2D eigenvalue weighted by molar-refractivity contribution is 0.0161. The smallest absolute Gasteiger partial charge is 0.253 e. The number of fused-ring (bicyclic) bond motifs is 1. The van der Waals surface area contributed by atoms with Gasteiger partial charge in [-0.25, -0.2) is 0 Å². The van der Waals surface area contributed by atoms with Gasteiger partial charge in [0.25, 0.3) is 5.91 Å². The van der Waals surface area contributed by atoms with E-state index in [1.54, 1.807) is 12.3 Å². The Bertz CT molecular complexity index is 1310. The third-order valence-electron chi connectivity index (χ3n) is 8.14. The number of hydrogen-bond acceptors (Lipinski definition) is 5. The lowest BCUT2D eigenvalue weighted by Crippen LogP contribution is -2.56. The Morgan fingerprint density at radius 2 is 1.76 bits per heavy atom. The summed E-state index contributed by atoms with van der Waals surface area (Å²) in [6, 6.07) is 15.7. The second-order valence-corrected chi connectivity index (χ2v) is 11.8. The van der Waals surface area contributed by atoms with Crippen molar-refractivity contribution in [2.75, 3.05) is 32.8 Å². The molecular formula is C30H34BrClN4O2. The summed E-state index contributed by atoms with van der Waals surface area (Å²) >= 11 is 9.80. The van der Waals surface area contributed by atoms with E-state index in [1.807, 2.05) is 30.0 Å². The second kappa shape index (κ2) is 11.7. The molecule has 0 N–H and O–H groups in total. The lowest BCUT2D eigenvalue weighted by Gasteiger charge is -2.49. The van der Waals surface area contributed by atoms with Gasteiger partial charge in [-0.3, -0.25) is 14.7 Å². The van der Waals surface area contributed by atoms with Crippen molar-refractivity contribution >= 4 is 50.1 Å². The van der Waals surface area contributed by atoms with Crippen LogP contribution in [0.1, 0.15) is 55.5 Å². The van der Waals surface area contributed by atoms with Gasteiger partial charge in [-0.1, -0.05) is 50.9 Å². The zero-order valence-corrected chi connectivity index (χ0v) is 24.3. The van der Waals surface area contributed by atoms with Gasteiger partial charge in [0, 0.05) is 46.2 Å². The summed E-state index contributed by atoms with van der Waals surface area (Å²) in [6.45, 7) is 8.45. The molecule has 1 aromatic heterocycles. The number of carbonyl (C=O) groups excluding carboxylic acids is 1. The van der Waals surface area contributed by atoms with E-state index in [1.165, 1.54) is 0 Å². The number of halogens is 2. The molecule has 2 aliphatic rings. The Labute approximate surface area is 238 Å². The Morgan fingerprint density at radius 1 is 1.08 bits per heavy atom. The largest absolute Gasteiger partial charge is 0.396 e. The highest BCUT2D eigenvalue weighted by atomic mass is 79.9. The quantitative estimate of drug-likeness (QED) is 0.232. The predicted molar refractivity (Wildman–Crippen MR) is 157 cm³/mol. The van der Waals surface area contributed by atoms with Gasteiger partial charge >= 0.3 is 0 Å². The Morgan fingerprint density at radius 3 is 2.45 bits per heavy atom. The van der Waals surface area contributed by atoms with E-state index in [2.05, 4.69) is 62.2 Å². The molecule has 0 unspecified atom stereocenters. The van der Waals surface area contributed by atoms with Crippen molar-refractivity contribution in [3.63, 3.8) is 0 Å². The monoisotopic (exact) mass is 596 g/mol. The summed E-state index contributed by atoms with van der Waals surface area (Å²) in [5.74, 6) is 0.444. The van der Waals surface area contributed by atoms with E-state index in [9.17, 15) is 4.79 Å². The van der Waals surface area contributed by atoms with Crippen molar-refractivity contribution in [1.29, 1.82) is 0 Å². The van der Waals surface area contributed by atoms with Crippen LogP contribution in [0.25, 0.3) is 10.9 Å². The normalized spacial score (nSPS) is 19.1. The summed E-state index contributed by atoms with van der Waals surface area (Å²) in [5, 5.41) is 6.05. The van der Waals surface area contributed by atoms with Crippen LogP contribution >= 0.6 is 27.5 Å². The van der Waals surface area contributed by atoms with Gasteiger partial charge < -0.3 is 9.74 Å². The SMILES string of the molecule is CCON=C(c1ccc(Br)cc1)C1CCN(C2(C)CCN(C(=O)c3ccc4c(Cl)ccnc4c3)CC2)CC1. The van der Waals surface area contributed by atoms with Crippen LogP contribution < -0.4 is 0 Å². The Balaban J connectivity index is 1.20. The molecule has 2 saturated heterocycles. The average Bonchev–Trinajstić information content (AvgIpc) is 2.94. The molecule has 0 bridgehead atoms. The van der Waals surface area contributed by atoms with Crippen LogP contribution in [0.5, 0.6) is 0 Å². The van der Waals surface area contributed by atoms with E-state index in [0.29, 0.717) is 23.1 Å². The van der Waals surface area contributed by atoms with Gasteiger partial charge in [-0.2, -0.15) is 0 Å². The van der Waals surface area contributed by atoms with Crippen molar-refractivity contribution in [3.8, 4) is 0 Å². The van der Waals surface area contributed by atoms with Crippen LogP contribution in [0.4, 0.5) is 0 Å². The highest BCUT2D eigenvalue weighted by Crippen LogP contribution is 2.34. The first kappa shape index (κ1) is 27.1. The van der Waals surface area contributed by atoms with Crippen molar-refractivity contribution in [3.05, 3.63) is 75.4 Å². The molecule has 8 heteroatoms. The maximum atomic E-state index is 13.3. The van der Waals surface area contributed by atoms with Crippen molar-refractivity contribution < 1.29 is 9.63 Å². The summed E-state index contributed by atoms with van der Waals surface area (Å²) in [5.41, 5.74) is 3.70. The average molecular weight is 598 g/mol. The third-order valence-corrected chi connectivity index (χ3v) is 9.00. The minimum Gasteiger partial charge on any atom is -0.396 e. The van der Waals surface area contributed by atoms with Gasteiger partial charge in [0.1, 0.15) is 6.61 Å². The van der Waals surface area contributed by atoms with E-state index in [-0.39, 0.29) is 11.4 Å². The van der Waals surface area contributed by atoms with Gasteiger partial charge in [-0.05, 0) is 88.5 Å². The summed E-state index contributed by atoms with van der Waals surface area (Å²) in [7, 11) is 0. The van der Waals surface area contributed by atoms with Crippen LogP contribution in [-0.4, -0.2) is 64.7 Å². The van der Waals surface area contributed by atoms with E-state index >= 15 is 0 Å². The maximum Gasteiger partial charge on any atom is 0.253 e. The molecule has 6 nitrogen and oxygen atoms in total. The van der Waals surface area contributed by atoms with Crippen LogP contribution in [0.2, 0.25) is 5.02 Å². The molecule has 3 heterocycles. The molecule has 3 aromatic rings. The van der Waals surface area contributed by atoms with Crippen molar-refractivity contribution in [2.45, 2.75) is 45.1 Å². The fraction of sp³-hybridized carbons (Fsp3) is 0.433. The third kappa shape index (κ3) is 5.75. The van der Waals surface area contributed by atoms with Crippen LogP contribution in [-0.2, 0) is 4.84 Å². The first-order valence-electron chi connectivity index (χ1n) is 13.4. The zero-order valence-electron chi connectivity index (χ0n) is 22.0. The molecular weight excluding hydrogens is 564 g/mol. The molecule has 0 radical (unpaired) electrons. The molecule has 0 aliphatic carbocycles. The minimum absolute atomic E-state index is 0.0701. The summed E-state index contributed by atoms with van der Waals surface area (Å²) in [4.78, 5) is 27.8. The highest BCUT2D eigenvalue weighted by molar-refractivity contribution is 9.10. The number of rotatable bonds is 6. The predicted octanol–water partition coefficient (Wildman–Crippen LogP) is 6.80. The number of pyridine rings is 1. The number of aromatic nitrogens is 1. The molecule has 2 aliphatic heterocycles. The number of oxime groups is 1. The van der Waals surface area contributed by atoms with Gasteiger partial charge in [0.2, 0.25) is 0 Å². The summed E-state index contributed by atoms with van der Waals surface area (Å²) < 4.78 is 1.06. The molecule has 0 spiro atoms. The Kier molecular flexibility index (Phi) is 8.36. The lowest BCUT2D eigenvalue weighted by atomic mass is 9.82. The Hall–Kier alpha value is -2.48. The zero-order chi connectivity index (χ0) is 26.7. The van der Waals surface area contributed by atoms with Crippen LogP contribution in [0.3, 0.4) is 0 Å². The molecule has 0 atom stereocenters. The number of hydrogen-bond donors (Lipinski definition) is 0. The van der Waals surface area contributed by atoms with E-state index in [4.69, 9.17) is 16.4 Å². The topological polar surface area (TPSA) is 58.0 Å². The molecule has 0 saturated carbocycles. The fourth-order valence-electron chi connectivity index (χ4n) is 5.75. The first-order valence-corrected chi connectivity index (χ1v) is 14.6. The maximum absolute atomic E-state index is 13.3. The van der Waals surface area contributed by atoms with Gasteiger partial charge in [0.05, 0.1) is 16.3 Å². The number of likely N-dealkylation sites (tertiary alicyclic amines) is 2. The molecule has 200 valence electrons. The molecule has 2 fully saturated rings. The molecule has 2 aromatic carbocycles. The standard InChI is InChI=1S/C30H34BrClN4O2/c1-3-38-34-28(21-4-7-24(31)8-5-21)22-11-16-36(17-12-22)30(2)13-18-35(19-14-30)29(37)23-6-9-25-26(32)10-15-33-27(25)20-23/h4-10,15,20,22H,3,11-14,16-19H2,1-2H3. The van der Waals surface area contributed by atoms with E-state index < -0.39 is 0 Å². The molecule has 5 rings (SSSR count). The molecule has 1 amide bonds. The highest BCUT2D eigenvalue weighted by Gasteiger charge is 2.39. The van der Waals surface area contributed by atoms with Gasteiger partial charge in [-0.15, -0.1) is 0 Å². The fourth-order valence-corrected chi connectivity index (χ4v) is 6.23. The number of piperidine rings is 2. The van der Waals surface area contributed by atoms with Crippen LogP contribution in [0.15, 0.2) is 64.4 Å². The van der Waals surface area contributed by atoms with Crippen molar-refractivity contribution in [2.24, 2.45) is 11.1 Å². The number of amides is 1. The number of benzene rings is 2. The van der Waals surface area contributed by atoms with Gasteiger partial charge in [0.15, 0.2) is 0 Å². The van der Waals surface area contributed by atoms with Crippen molar-refractivity contribution in [1.82, 2.24) is 14.8 Å². The second-order valence-electron chi connectivity index (χ2n) is 10.5. The van der Waals surface area contributed by atoms with E-state index in [0.717, 1.165) is 78.5 Å². The number of nitrogens with zero attached hydrogens (tertiary/aromatic N) is 4. The first-order chi connectivity index (χ1) is 18.4. The molecule has 38 heavy (non-hydrogen) atoms.